The second-order valence-electron chi connectivity index (χ2n) is 16.4. The number of hydrogen-bond donors (Lipinski definition) is 2. The van der Waals surface area contributed by atoms with E-state index in [1.807, 2.05) is 4.72 Å². The van der Waals surface area contributed by atoms with E-state index in [4.69, 9.17) is 9.88 Å². The highest BCUT2D eigenvalue weighted by atomic mass is 35.5. The Morgan fingerprint density at radius 3 is 1.57 bits per heavy atom. The van der Waals surface area contributed by atoms with Crippen molar-refractivity contribution in [1.29, 1.82) is 0 Å². The number of carbonyl (C=O) groups is 1. The van der Waals surface area contributed by atoms with E-state index in [1.54, 1.807) is 33.4 Å². The number of nitrogens with one attached hydrogen (secondary N) is 1. The number of nitrogens with two attached hydrogens (primary N) is 1. The summed E-state index contributed by atoms with van der Waals surface area (Å²) < 4.78 is 58.9. The first kappa shape index (κ1) is 41.7. The van der Waals surface area contributed by atoms with Crippen molar-refractivity contribution in [3.05, 3.63) is 59.2 Å². The summed E-state index contributed by atoms with van der Waals surface area (Å²) in [5.41, 5.74) is 5.76. The van der Waals surface area contributed by atoms with Gasteiger partial charge in [-0.15, -0.1) is 12.4 Å². The number of rotatable bonds is 5. The number of hydrogen-bond acceptors (Lipinski definition) is 12. The molecule has 4 bridgehead atoms. The van der Waals surface area contributed by atoms with E-state index >= 15 is 0 Å². The number of aryl methyl sites for hydroxylation is 4. The lowest BCUT2D eigenvalue weighted by Crippen LogP contribution is -2.51. The van der Waals surface area contributed by atoms with Crippen LogP contribution in [-0.4, -0.2) is 108 Å². The van der Waals surface area contributed by atoms with E-state index in [1.165, 1.54) is 25.3 Å². The van der Waals surface area contributed by atoms with Crippen LogP contribution in [-0.2, 0) is 25.2 Å². The molecule has 0 radical (unpaired) electrons. The summed E-state index contributed by atoms with van der Waals surface area (Å²) in [5, 5.41) is 7.32. The Balaban J connectivity index is 0.000000192. The van der Waals surface area contributed by atoms with Crippen molar-refractivity contribution in [2.75, 3.05) is 49.1 Å². The van der Waals surface area contributed by atoms with E-state index in [9.17, 15) is 21.6 Å². The molecule has 6 heterocycles. The highest BCUT2D eigenvalue weighted by Crippen LogP contribution is 2.38. The van der Waals surface area contributed by atoms with E-state index in [2.05, 4.69) is 81.7 Å². The van der Waals surface area contributed by atoms with E-state index in [0.29, 0.717) is 32.1 Å². The molecule has 19 heteroatoms. The molecule has 1 amide bonds. The summed E-state index contributed by atoms with van der Waals surface area (Å²) in [6.45, 7) is 16.4. The normalized spacial score (nSPS) is 22.8. The van der Waals surface area contributed by atoms with Crippen LogP contribution in [0.2, 0.25) is 0 Å². The number of carbonyl (C=O) groups excluding carboxylic acids is 1. The van der Waals surface area contributed by atoms with Gasteiger partial charge in [-0.25, -0.2) is 34.6 Å². The molecule has 4 aliphatic rings. The summed E-state index contributed by atoms with van der Waals surface area (Å²) in [6.07, 6.45) is 4.05. The number of halogens is 1. The lowest BCUT2D eigenvalue weighted by molar-refractivity contribution is 0.0566. The molecule has 2 aromatic heterocycles. The second-order valence-corrected chi connectivity index (χ2v) is 19.6. The number of fused-ring (bicyclic) bond motifs is 6. The van der Waals surface area contributed by atoms with Gasteiger partial charge in [-0.1, -0.05) is 0 Å². The van der Waals surface area contributed by atoms with Gasteiger partial charge in [0.05, 0.1) is 11.0 Å². The molecule has 304 valence electrons. The number of benzene rings is 2. The quantitative estimate of drug-likeness (QED) is 0.295. The maximum Gasteiger partial charge on any atom is 0.422 e. The smallest absolute Gasteiger partial charge is 0.422 e. The van der Waals surface area contributed by atoms with E-state index < -0.39 is 32.1 Å². The summed E-state index contributed by atoms with van der Waals surface area (Å²) in [5.74, 6) is 2.18. The fourth-order valence-electron chi connectivity index (χ4n) is 8.29. The summed E-state index contributed by atoms with van der Waals surface area (Å²) >= 11 is 0. The van der Waals surface area contributed by atoms with Gasteiger partial charge < -0.3 is 14.5 Å². The van der Waals surface area contributed by atoms with Gasteiger partial charge in [-0.2, -0.15) is 25.4 Å². The first-order valence-electron chi connectivity index (χ1n) is 18.5. The number of ether oxygens (including phenoxy) is 1. The number of anilines is 2. The van der Waals surface area contributed by atoms with Crippen molar-refractivity contribution in [2.45, 2.75) is 79.0 Å². The Kier molecular flexibility index (Phi) is 11.5. The largest absolute Gasteiger partial charge is 0.443 e. The SMILES string of the molecule is Cc1cc2ncnc(N3CC4CC3CN(S(=O)(=O)NC(=O)OC(C)(C)C)C4)c2cc1C.Cc1cc2ncnc(N3CC4CC3CN(S(N)(=O)=O)C4)c2cc1C.Cl. The standard InChI is InChI=1S/C21H29N5O4S.C16H21N5O2S.ClH/c1-13-6-17-18(7-14(13)2)22-12-23-19(17)26-10-15-8-16(26)11-25(9-15)31(28,29)24-20(27)30-21(3,4)5;1-10-3-14-15(4-11(10)2)18-9-19-16(14)21-7-12-5-13(21)8-20(6-12)24(17,22)23;/h6-7,12,15-16H,8-11H2,1-5H3,(H,24,27);3-4,9,12-13H,5-8H2,1-2H3,(H2,17,22,23);1H. The van der Waals surface area contributed by atoms with E-state index in [-0.39, 0.29) is 37.0 Å². The highest BCUT2D eigenvalue weighted by molar-refractivity contribution is 7.87. The first-order valence-corrected chi connectivity index (χ1v) is 21.5. The molecule has 0 aliphatic carbocycles. The summed E-state index contributed by atoms with van der Waals surface area (Å²) in [7, 11) is -7.63. The van der Waals surface area contributed by atoms with Crippen LogP contribution in [0, 0.1) is 39.5 Å². The predicted octanol–water partition coefficient (Wildman–Crippen LogP) is 3.91. The van der Waals surface area contributed by atoms with Crippen LogP contribution >= 0.6 is 12.4 Å². The van der Waals surface area contributed by atoms with Gasteiger partial charge in [0.2, 0.25) is 0 Å². The molecular weight excluding hydrogens is 780 g/mol. The van der Waals surface area contributed by atoms with Gasteiger partial charge in [0.25, 0.3) is 10.2 Å². The number of nitrogens with zero attached hydrogens (tertiary/aromatic N) is 8. The third-order valence-corrected chi connectivity index (χ3v) is 13.5. The lowest BCUT2D eigenvalue weighted by atomic mass is 10.0. The minimum absolute atomic E-state index is 0. The van der Waals surface area contributed by atoms with Gasteiger partial charge >= 0.3 is 16.3 Å². The van der Waals surface area contributed by atoms with Gasteiger partial charge in [0.15, 0.2) is 0 Å². The zero-order valence-corrected chi connectivity index (χ0v) is 35.2. The minimum atomic E-state index is -3.99. The second kappa shape index (κ2) is 15.4. The predicted molar refractivity (Wildman–Crippen MR) is 218 cm³/mol. The first-order chi connectivity index (χ1) is 25.8. The average molecular weight is 831 g/mol. The van der Waals surface area contributed by atoms with Crippen LogP contribution < -0.4 is 19.7 Å². The van der Waals surface area contributed by atoms with Crippen molar-refractivity contribution in [3.8, 4) is 0 Å². The molecule has 4 aliphatic heterocycles. The summed E-state index contributed by atoms with van der Waals surface area (Å²) in [4.78, 5) is 34.3. The minimum Gasteiger partial charge on any atom is -0.443 e. The molecule has 3 N–H and O–H groups in total. The van der Waals surface area contributed by atoms with Crippen molar-refractivity contribution in [1.82, 2.24) is 33.3 Å². The Morgan fingerprint density at radius 1 is 0.696 bits per heavy atom. The molecule has 0 spiro atoms. The van der Waals surface area contributed by atoms with Crippen LogP contribution in [0.4, 0.5) is 16.4 Å². The molecule has 4 atom stereocenters. The number of aromatic nitrogens is 4. The fraction of sp³-hybridized carbons (Fsp3) is 0.541. The number of piperidine rings is 2. The molecule has 4 aromatic rings. The Bertz CT molecular complexity index is 2380. The zero-order chi connectivity index (χ0) is 39.6. The third-order valence-electron chi connectivity index (χ3n) is 11.1. The molecule has 8 rings (SSSR count). The molecule has 4 saturated heterocycles. The Labute approximate surface area is 335 Å². The molecule has 56 heavy (non-hydrogen) atoms. The number of amides is 1. The van der Waals surface area contributed by atoms with Gasteiger partial charge in [0.1, 0.15) is 29.9 Å². The Morgan fingerprint density at radius 2 is 1.12 bits per heavy atom. The van der Waals surface area contributed by atoms with Crippen molar-refractivity contribution in [2.24, 2.45) is 17.0 Å². The van der Waals surface area contributed by atoms with Crippen LogP contribution in [0.25, 0.3) is 21.8 Å². The molecule has 4 fully saturated rings. The molecule has 16 nitrogen and oxygen atoms in total. The van der Waals surface area contributed by atoms with Crippen molar-refractivity contribution < 1.29 is 26.4 Å². The maximum absolute atomic E-state index is 12.8. The van der Waals surface area contributed by atoms with Gasteiger partial charge in [0, 0.05) is 62.1 Å². The van der Waals surface area contributed by atoms with Gasteiger partial charge in [-0.05, 0) is 120 Å². The molecule has 0 saturated carbocycles. The van der Waals surface area contributed by atoms with Gasteiger partial charge in [-0.3, -0.25) is 0 Å². The maximum atomic E-state index is 12.8. The monoisotopic (exact) mass is 830 g/mol. The Hall–Kier alpha value is -3.94. The molecule has 2 aromatic carbocycles. The third kappa shape index (κ3) is 8.64. The summed E-state index contributed by atoms with van der Waals surface area (Å²) in [6, 6.07) is 8.45. The average Bonchev–Trinajstić information content (AvgIpc) is 3.55. The van der Waals surface area contributed by atoms with Crippen LogP contribution in [0.1, 0.15) is 55.9 Å². The zero-order valence-electron chi connectivity index (χ0n) is 32.8. The van der Waals surface area contributed by atoms with Crippen molar-refractivity contribution >= 4 is 72.4 Å². The van der Waals surface area contributed by atoms with Crippen LogP contribution in [0.5, 0.6) is 0 Å². The lowest BCUT2D eigenvalue weighted by Gasteiger charge is -2.32. The fourth-order valence-corrected chi connectivity index (χ4v) is 10.2. The highest BCUT2D eigenvalue weighted by Gasteiger charge is 2.45. The van der Waals surface area contributed by atoms with Crippen molar-refractivity contribution in [3.63, 3.8) is 0 Å². The topological polar surface area (TPSA) is 197 Å². The van der Waals surface area contributed by atoms with E-state index in [0.717, 1.165) is 58.4 Å². The van der Waals surface area contributed by atoms with Crippen LogP contribution in [0.15, 0.2) is 36.9 Å². The van der Waals surface area contributed by atoms with Crippen LogP contribution in [0.3, 0.4) is 0 Å². The molecule has 4 unspecified atom stereocenters. The molecular formula is C37H51ClN10O6S2.